The molecule has 0 aromatic carbocycles. The predicted molar refractivity (Wildman–Crippen MR) is 142 cm³/mol. The van der Waals surface area contributed by atoms with Crippen molar-refractivity contribution in [3.63, 3.8) is 0 Å². The molecule has 6 nitrogen and oxygen atoms in total. The van der Waals surface area contributed by atoms with Crippen LogP contribution >= 0.6 is 0 Å². The van der Waals surface area contributed by atoms with Gasteiger partial charge in [0.25, 0.3) is 0 Å². The molecule has 0 aromatic heterocycles. The molecule has 2 aliphatic heterocycles. The van der Waals surface area contributed by atoms with Crippen LogP contribution in [-0.4, -0.2) is 44.3 Å². The molecule has 6 heteroatoms. The minimum atomic E-state index is -0.740. The Hall–Kier alpha value is -1.14. The van der Waals surface area contributed by atoms with E-state index in [0.29, 0.717) is 22.2 Å². The molecule has 2 rings (SSSR count). The summed E-state index contributed by atoms with van der Waals surface area (Å²) in [6, 6.07) is 0. The summed E-state index contributed by atoms with van der Waals surface area (Å²) in [7, 11) is 0. The standard InChI is InChI=1S/C10H18O4.2C9H19N/c11-9(12)7-5-3-1-2-4-6-8-10(13)14;2*1-8(2)6-5-7-9(3,4)10-8/h1-8H2,(H,11,12)(H,13,14);2*10H,5-7H2,1-4H3. The average Bonchev–Trinajstić information content (AvgIpc) is 2.60. The summed E-state index contributed by atoms with van der Waals surface area (Å²) < 4.78 is 0. The molecule has 0 bridgehead atoms. The van der Waals surface area contributed by atoms with E-state index in [9.17, 15) is 9.59 Å². The highest BCUT2D eigenvalue weighted by Crippen LogP contribution is 2.28. The van der Waals surface area contributed by atoms with E-state index in [-0.39, 0.29) is 12.8 Å². The molecule has 0 unspecified atom stereocenters. The number of hydrogen-bond acceptors (Lipinski definition) is 4. The smallest absolute Gasteiger partial charge is 0.303 e. The molecule has 2 aliphatic rings. The van der Waals surface area contributed by atoms with Crippen LogP contribution in [0.4, 0.5) is 0 Å². The summed E-state index contributed by atoms with van der Waals surface area (Å²) in [5.41, 5.74) is 1.45. The lowest BCUT2D eigenvalue weighted by Crippen LogP contribution is -2.55. The number of carboxylic acid groups (broad SMARTS) is 2. The van der Waals surface area contributed by atoms with Gasteiger partial charge in [0.05, 0.1) is 0 Å². The van der Waals surface area contributed by atoms with Crippen molar-refractivity contribution in [1.29, 1.82) is 0 Å². The fraction of sp³-hybridized carbons (Fsp3) is 0.929. The Morgan fingerprint density at radius 3 is 0.941 bits per heavy atom. The Morgan fingerprint density at radius 1 is 0.529 bits per heavy atom. The number of carboxylic acids is 2. The Labute approximate surface area is 210 Å². The fourth-order valence-corrected chi connectivity index (χ4v) is 5.29. The number of carbonyl (C=O) groups is 2. The second kappa shape index (κ2) is 15.1. The summed E-state index contributed by atoms with van der Waals surface area (Å²) in [5.74, 6) is -1.48. The van der Waals surface area contributed by atoms with E-state index in [1.807, 2.05) is 0 Å². The second-order valence-electron chi connectivity index (χ2n) is 12.9. The highest BCUT2D eigenvalue weighted by atomic mass is 16.4. The number of hydrogen-bond donors (Lipinski definition) is 4. The highest BCUT2D eigenvalue weighted by molar-refractivity contribution is 5.66. The maximum atomic E-state index is 10.1. The van der Waals surface area contributed by atoms with Crippen molar-refractivity contribution in [3.05, 3.63) is 0 Å². The first kappa shape index (κ1) is 32.9. The summed E-state index contributed by atoms with van der Waals surface area (Å²) in [4.78, 5) is 20.3. The van der Waals surface area contributed by atoms with E-state index in [1.54, 1.807) is 0 Å². The fourth-order valence-electron chi connectivity index (χ4n) is 5.29. The van der Waals surface area contributed by atoms with E-state index in [4.69, 9.17) is 10.2 Å². The van der Waals surface area contributed by atoms with E-state index >= 15 is 0 Å². The van der Waals surface area contributed by atoms with Gasteiger partial charge in [-0.2, -0.15) is 0 Å². The van der Waals surface area contributed by atoms with E-state index in [2.05, 4.69) is 66.0 Å². The Balaban J connectivity index is 0.000000489. The molecule has 0 aliphatic carbocycles. The zero-order valence-electron chi connectivity index (χ0n) is 23.6. The Kier molecular flexibility index (Phi) is 14.6. The van der Waals surface area contributed by atoms with Gasteiger partial charge in [0.15, 0.2) is 0 Å². The van der Waals surface area contributed by atoms with Crippen LogP contribution in [0.25, 0.3) is 0 Å². The molecule has 2 heterocycles. The van der Waals surface area contributed by atoms with Gasteiger partial charge < -0.3 is 20.8 Å². The first-order chi connectivity index (χ1) is 15.5. The van der Waals surface area contributed by atoms with Crippen LogP contribution in [0.2, 0.25) is 0 Å². The lowest BCUT2D eigenvalue weighted by molar-refractivity contribution is -0.138. The van der Waals surface area contributed by atoms with Gasteiger partial charge in [0.2, 0.25) is 0 Å². The zero-order chi connectivity index (χ0) is 26.5. The van der Waals surface area contributed by atoms with Crippen LogP contribution in [0.5, 0.6) is 0 Å². The quantitative estimate of drug-likeness (QED) is 0.265. The van der Waals surface area contributed by atoms with Gasteiger partial charge in [-0.3, -0.25) is 9.59 Å². The molecule has 0 radical (unpaired) electrons. The van der Waals surface area contributed by atoms with Crippen molar-refractivity contribution < 1.29 is 19.8 Å². The van der Waals surface area contributed by atoms with Gasteiger partial charge in [-0.25, -0.2) is 0 Å². The van der Waals surface area contributed by atoms with Crippen molar-refractivity contribution >= 4 is 11.9 Å². The minimum Gasteiger partial charge on any atom is -0.481 e. The number of rotatable bonds is 9. The molecule has 2 fully saturated rings. The third-order valence-corrected chi connectivity index (χ3v) is 6.59. The van der Waals surface area contributed by atoms with Crippen LogP contribution in [0.3, 0.4) is 0 Å². The monoisotopic (exact) mass is 484 g/mol. The molecule has 0 aromatic rings. The SMILES string of the molecule is CC1(C)CCCC(C)(C)N1.CC1(C)CCCC(C)(C)N1.O=C(O)CCCCCCCCC(=O)O. The molecular formula is C28H56N2O4. The summed E-state index contributed by atoms with van der Waals surface area (Å²) in [6.45, 7) is 18.3. The van der Waals surface area contributed by atoms with Gasteiger partial charge in [-0.15, -0.1) is 0 Å². The van der Waals surface area contributed by atoms with Crippen molar-refractivity contribution in [3.8, 4) is 0 Å². The average molecular weight is 485 g/mol. The minimum absolute atomic E-state index is 0.245. The highest BCUT2D eigenvalue weighted by Gasteiger charge is 2.32. The number of nitrogens with one attached hydrogen (secondary N) is 2. The van der Waals surface area contributed by atoms with Crippen LogP contribution < -0.4 is 10.6 Å². The van der Waals surface area contributed by atoms with Gasteiger partial charge in [0.1, 0.15) is 0 Å². The van der Waals surface area contributed by atoms with Crippen LogP contribution in [0.15, 0.2) is 0 Å². The molecule has 0 atom stereocenters. The Morgan fingerprint density at radius 2 is 0.765 bits per heavy atom. The third kappa shape index (κ3) is 19.2. The van der Waals surface area contributed by atoms with Crippen LogP contribution in [0.1, 0.15) is 145 Å². The van der Waals surface area contributed by atoms with Crippen LogP contribution in [0, 0.1) is 0 Å². The van der Waals surface area contributed by atoms with E-state index in [0.717, 1.165) is 38.5 Å². The number of aliphatic carboxylic acids is 2. The van der Waals surface area contributed by atoms with Crippen LogP contribution in [-0.2, 0) is 9.59 Å². The maximum absolute atomic E-state index is 10.1. The zero-order valence-corrected chi connectivity index (χ0v) is 23.6. The van der Waals surface area contributed by atoms with E-state index in [1.165, 1.54) is 38.5 Å². The number of piperidine rings is 2. The Bertz CT molecular complexity index is 517. The first-order valence-electron chi connectivity index (χ1n) is 13.5. The van der Waals surface area contributed by atoms with E-state index < -0.39 is 11.9 Å². The molecule has 0 spiro atoms. The largest absolute Gasteiger partial charge is 0.481 e. The summed E-state index contributed by atoms with van der Waals surface area (Å²) in [6.07, 6.45) is 13.8. The molecular weight excluding hydrogens is 428 g/mol. The topological polar surface area (TPSA) is 98.7 Å². The van der Waals surface area contributed by atoms with Crippen molar-refractivity contribution in [2.75, 3.05) is 0 Å². The molecule has 202 valence electrons. The van der Waals surface area contributed by atoms with Crippen molar-refractivity contribution in [2.24, 2.45) is 0 Å². The molecule has 0 amide bonds. The van der Waals surface area contributed by atoms with Crippen molar-refractivity contribution in [2.45, 2.75) is 167 Å². The lowest BCUT2D eigenvalue weighted by atomic mass is 9.83. The first-order valence-corrected chi connectivity index (χ1v) is 13.5. The molecule has 4 N–H and O–H groups in total. The summed E-state index contributed by atoms with van der Waals surface area (Å²) >= 11 is 0. The summed E-state index contributed by atoms with van der Waals surface area (Å²) in [5, 5.41) is 24.0. The lowest BCUT2D eigenvalue weighted by Gasteiger charge is -2.42. The second-order valence-corrected chi connectivity index (χ2v) is 12.9. The van der Waals surface area contributed by atoms with Gasteiger partial charge >= 0.3 is 11.9 Å². The predicted octanol–water partition coefficient (Wildman–Crippen LogP) is 6.91. The maximum Gasteiger partial charge on any atom is 0.303 e. The van der Waals surface area contributed by atoms with Crippen molar-refractivity contribution in [1.82, 2.24) is 10.6 Å². The molecule has 34 heavy (non-hydrogen) atoms. The normalized spacial score (nSPS) is 21.8. The van der Waals surface area contributed by atoms with Gasteiger partial charge in [-0.1, -0.05) is 25.7 Å². The third-order valence-electron chi connectivity index (χ3n) is 6.59. The number of unbranched alkanes of at least 4 members (excludes halogenated alkanes) is 5. The van der Waals surface area contributed by atoms with Gasteiger partial charge in [0, 0.05) is 35.0 Å². The van der Waals surface area contributed by atoms with Gasteiger partial charge in [-0.05, 0) is 107 Å². The molecule has 0 saturated carbocycles. The molecule has 2 saturated heterocycles.